The summed E-state index contributed by atoms with van der Waals surface area (Å²) in [6.07, 6.45) is 5.00. The number of nitrogens with zero attached hydrogens (tertiary/aromatic N) is 2. The molecule has 132 valence electrons. The molecule has 24 heavy (non-hydrogen) atoms. The molecule has 1 N–H and O–H groups in total. The van der Waals surface area contributed by atoms with E-state index >= 15 is 0 Å². The summed E-state index contributed by atoms with van der Waals surface area (Å²) in [6.45, 7) is 5.32. The standard InChI is InChI=1S/C19H29N3O2/c1-2-21(16-17-10-6-5-7-11-17)19(24)20-13-12-18(23)22-14-8-3-4-9-15-22/h5-7,10-11H,2-4,8-9,12-16H2,1H3,(H,20,24). The zero-order chi connectivity index (χ0) is 17.2. The number of hydrogen-bond donors (Lipinski definition) is 1. The van der Waals surface area contributed by atoms with Crippen molar-refractivity contribution < 1.29 is 9.59 Å². The van der Waals surface area contributed by atoms with Crippen LogP contribution in [-0.2, 0) is 11.3 Å². The molecule has 0 bridgehead atoms. The molecule has 0 spiro atoms. The summed E-state index contributed by atoms with van der Waals surface area (Å²) < 4.78 is 0. The van der Waals surface area contributed by atoms with Crippen LogP contribution in [0.15, 0.2) is 30.3 Å². The average Bonchev–Trinajstić information content (AvgIpc) is 2.89. The number of urea groups is 1. The molecule has 0 radical (unpaired) electrons. The Kier molecular flexibility index (Phi) is 7.59. The van der Waals surface area contributed by atoms with Crippen molar-refractivity contribution in [3.8, 4) is 0 Å². The maximum atomic E-state index is 12.3. The van der Waals surface area contributed by atoms with Gasteiger partial charge in [0.25, 0.3) is 0 Å². The third-order valence-corrected chi connectivity index (χ3v) is 4.46. The maximum Gasteiger partial charge on any atom is 0.317 e. The third-order valence-electron chi connectivity index (χ3n) is 4.46. The van der Waals surface area contributed by atoms with Gasteiger partial charge in [0, 0.05) is 39.1 Å². The van der Waals surface area contributed by atoms with Gasteiger partial charge in [0.05, 0.1) is 0 Å². The van der Waals surface area contributed by atoms with Crippen molar-refractivity contribution in [1.82, 2.24) is 15.1 Å². The fourth-order valence-corrected chi connectivity index (χ4v) is 3.00. The van der Waals surface area contributed by atoms with Gasteiger partial charge in [-0.05, 0) is 25.3 Å². The molecule has 0 saturated carbocycles. The average molecular weight is 331 g/mol. The second-order valence-electron chi connectivity index (χ2n) is 6.28. The normalized spacial score (nSPS) is 14.8. The van der Waals surface area contributed by atoms with Crippen molar-refractivity contribution in [2.24, 2.45) is 0 Å². The van der Waals surface area contributed by atoms with Crippen LogP contribution in [0.3, 0.4) is 0 Å². The molecule has 1 fully saturated rings. The Morgan fingerprint density at radius 2 is 1.75 bits per heavy atom. The SMILES string of the molecule is CCN(Cc1ccccc1)C(=O)NCCC(=O)N1CCCCCC1. The van der Waals surface area contributed by atoms with Gasteiger partial charge in [-0.25, -0.2) is 4.79 Å². The number of likely N-dealkylation sites (tertiary alicyclic amines) is 1. The highest BCUT2D eigenvalue weighted by Gasteiger charge is 2.16. The first-order valence-corrected chi connectivity index (χ1v) is 9.05. The Morgan fingerprint density at radius 3 is 2.38 bits per heavy atom. The van der Waals surface area contributed by atoms with Gasteiger partial charge in [-0.15, -0.1) is 0 Å². The summed E-state index contributed by atoms with van der Waals surface area (Å²) in [7, 11) is 0. The molecule has 1 heterocycles. The molecule has 5 heteroatoms. The highest BCUT2D eigenvalue weighted by Crippen LogP contribution is 2.10. The van der Waals surface area contributed by atoms with Crippen LogP contribution >= 0.6 is 0 Å². The van der Waals surface area contributed by atoms with Crippen LogP contribution in [0.5, 0.6) is 0 Å². The van der Waals surface area contributed by atoms with E-state index in [1.54, 1.807) is 4.90 Å². The van der Waals surface area contributed by atoms with Crippen LogP contribution in [0.2, 0.25) is 0 Å². The van der Waals surface area contributed by atoms with Crippen molar-refractivity contribution in [1.29, 1.82) is 0 Å². The number of carbonyl (C=O) groups excluding carboxylic acids is 2. The molecular formula is C19H29N3O2. The van der Waals surface area contributed by atoms with E-state index in [9.17, 15) is 9.59 Å². The Balaban J connectivity index is 1.73. The fourth-order valence-electron chi connectivity index (χ4n) is 3.00. The molecular weight excluding hydrogens is 302 g/mol. The Hall–Kier alpha value is -2.04. The molecule has 0 aliphatic carbocycles. The van der Waals surface area contributed by atoms with E-state index in [1.165, 1.54) is 12.8 Å². The predicted molar refractivity (Wildman–Crippen MR) is 95.6 cm³/mol. The highest BCUT2D eigenvalue weighted by atomic mass is 16.2. The molecule has 1 aliphatic heterocycles. The van der Waals surface area contributed by atoms with E-state index in [0.29, 0.717) is 26.1 Å². The lowest BCUT2D eigenvalue weighted by atomic mass is 10.2. The minimum absolute atomic E-state index is 0.106. The molecule has 0 atom stereocenters. The van der Waals surface area contributed by atoms with Crippen LogP contribution < -0.4 is 5.32 Å². The van der Waals surface area contributed by atoms with Gasteiger partial charge in [0.2, 0.25) is 5.91 Å². The van der Waals surface area contributed by atoms with Crippen molar-refractivity contribution >= 4 is 11.9 Å². The lowest BCUT2D eigenvalue weighted by Crippen LogP contribution is -2.41. The van der Waals surface area contributed by atoms with Crippen molar-refractivity contribution in [2.45, 2.75) is 45.6 Å². The number of nitrogens with one attached hydrogen (secondary N) is 1. The van der Waals surface area contributed by atoms with E-state index in [0.717, 1.165) is 31.5 Å². The first-order chi connectivity index (χ1) is 11.7. The molecule has 0 aromatic heterocycles. The quantitative estimate of drug-likeness (QED) is 0.871. The highest BCUT2D eigenvalue weighted by molar-refractivity contribution is 5.78. The van der Waals surface area contributed by atoms with Crippen LogP contribution in [-0.4, -0.2) is 47.9 Å². The molecule has 0 unspecified atom stereocenters. The topological polar surface area (TPSA) is 52.7 Å². The van der Waals surface area contributed by atoms with Crippen LogP contribution in [0, 0.1) is 0 Å². The summed E-state index contributed by atoms with van der Waals surface area (Å²) in [5.74, 6) is 0.156. The molecule has 3 amide bonds. The Bertz CT molecular complexity index is 511. The smallest absolute Gasteiger partial charge is 0.317 e. The van der Waals surface area contributed by atoms with Gasteiger partial charge in [-0.1, -0.05) is 43.2 Å². The Labute approximate surface area is 145 Å². The van der Waals surface area contributed by atoms with Gasteiger partial charge in [-0.2, -0.15) is 0 Å². The fraction of sp³-hybridized carbons (Fsp3) is 0.579. The molecule has 1 aliphatic rings. The van der Waals surface area contributed by atoms with E-state index in [2.05, 4.69) is 5.32 Å². The largest absolute Gasteiger partial charge is 0.343 e. The van der Waals surface area contributed by atoms with Crippen molar-refractivity contribution in [3.05, 3.63) is 35.9 Å². The van der Waals surface area contributed by atoms with Crippen molar-refractivity contribution in [3.63, 3.8) is 0 Å². The minimum Gasteiger partial charge on any atom is -0.343 e. The van der Waals surface area contributed by atoms with Crippen molar-refractivity contribution in [2.75, 3.05) is 26.2 Å². The van der Waals surface area contributed by atoms with Crippen LogP contribution in [0.25, 0.3) is 0 Å². The van der Waals surface area contributed by atoms with Crippen LogP contribution in [0.1, 0.15) is 44.6 Å². The summed E-state index contributed by atoms with van der Waals surface area (Å²) in [5.41, 5.74) is 1.11. The van der Waals surface area contributed by atoms with E-state index in [-0.39, 0.29) is 11.9 Å². The minimum atomic E-state index is -0.106. The van der Waals surface area contributed by atoms with Gasteiger partial charge < -0.3 is 15.1 Å². The summed E-state index contributed by atoms with van der Waals surface area (Å²) in [6, 6.07) is 9.83. The number of carbonyl (C=O) groups is 2. The molecule has 1 aromatic rings. The molecule has 5 nitrogen and oxygen atoms in total. The Morgan fingerprint density at radius 1 is 1.08 bits per heavy atom. The maximum absolute atomic E-state index is 12.3. The first-order valence-electron chi connectivity index (χ1n) is 9.05. The molecule has 1 saturated heterocycles. The number of rotatable bonds is 6. The summed E-state index contributed by atoms with van der Waals surface area (Å²) in [4.78, 5) is 28.2. The van der Waals surface area contributed by atoms with E-state index in [4.69, 9.17) is 0 Å². The van der Waals surface area contributed by atoms with Crippen LogP contribution in [0.4, 0.5) is 4.79 Å². The van der Waals surface area contributed by atoms with E-state index in [1.807, 2.05) is 42.2 Å². The monoisotopic (exact) mass is 331 g/mol. The predicted octanol–water partition coefficient (Wildman–Crippen LogP) is 3.01. The molecule has 2 rings (SSSR count). The molecule has 1 aromatic carbocycles. The van der Waals surface area contributed by atoms with Gasteiger partial charge in [0.15, 0.2) is 0 Å². The van der Waals surface area contributed by atoms with Gasteiger partial charge in [-0.3, -0.25) is 4.79 Å². The number of benzene rings is 1. The lowest BCUT2D eigenvalue weighted by Gasteiger charge is -2.23. The number of hydrogen-bond acceptors (Lipinski definition) is 2. The second-order valence-corrected chi connectivity index (χ2v) is 6.28. The first kappa shape index (κ1) is 18.3. The van der Waals surface area contributed by atoms with E-state index < -0.39 is 0 Å². The number of amides is 3. The zero-order valence-electron chi connectivity index (χ0n) is 14.7. The lowest BCUT2D eigenvalue weighted by molar-refractivity contribution is -0.131. The van der Waals surface area contributed by atoms with Gasteiger partial charge in [0.1, 0.15) is 0 Å². The summed E-state index contributed by atoms with van der Waals surface area (Å²) >= 11 is 0. The zero-order valence-corrected chi connectivity index (χ0v) is 14.7. The third kappa shape index (κ3) is 5.87. The summed E-state index contributed by atoms with van der Waals surface area (Å²) in [5, 5.41) is 2.88. The second kappa shape index (κ2) is 9.96. The van der Waals surface area contributed by atoms with Gasteiger partial charge >= 0.3 is 6.03 Å².